The fourth-order valence-electron chi connectivity index (χ4n) is 8.05. The van der Waals surface area contributed by atoms with Gasteiger partial charge in [-0.15, -0.1) is 0 Å². The molecule has 2 aliphatic heterocycles. The molecule has 1 saturated heterocycles. The summed E-state index contributed by atoms with van der Waals surface area (Å²) in [7, 11) is -6.50. The zero-order valence-electron chi connectivity index (χ0n) is 40.6. The molecule has 0 saturated carbocycles. The van der Waals surface area contributed by atoms with Gasteiger partial charge in [0.1, 0.15) is 6.10 Å². The molecule has 1 unspecified atom stereocenters. The molecule has 3 aromatic rings. The Balaban J connectivity index is 1.46. The first-order chi connectivity index (χ1) is 28.8. The molecule has 0 N–H and O–H groups in total. The predicted octanol–water partition coefficient (Wildman–Crippen LogP) is 11.7. The smallest absolute Gasteiger partial charge is 0.339 e. The average molecular weight is 901 g/mol. The van der Waals surface area contributed by atoms with Gasteiger partial charge in [0.05, 0.1) is 24.4 Å². The topological polar surface area (TPSA) is 81.7 Å². The number of aryl methyl sites for hydroxylation is 1. The van der Waals surface area contributed by atoms with E-state index < -0.39 is 42.7 Å². The number of benzene rings is 3. The summed E-state index contributed by atoms with van der Waals surface area (Å²) in [6.45, 7) is 35.9. The van der Waals surface area contributed by atoms with Crippen molar-refractivity contribution in [2.24, 2.45) is 5.92 Å². The molecule has 62 heavy (non-hydrogen) atoms. The third-order valence-electron chi connectivity index (χ3n) is 12.7. The molecular formula is C51H76O8Si3. The molecule has 0 spiro atoms. The van der Waals surface area contributed by atoms with Crippen LogP contribution in [0, 0.1) is 12.8 Å². The molecule has 0 aliphatic carbocycles. The highest BCUT2D eigenvalue weighted by Crippen LogP contribution is 2.43. The van der Waals surface area contributed by atoms with Crippen LogP contribution in [0.5, 0.6) is 11.5 Å². The molecule has 0 bridgehead atoms. The lowest BCUT2D eigenvalue weighted by atomic mass is 9.98. The molecule has 11 heteroatoms. The second kappa shape index (κ2) is 19.4. The number of rotatable bonds is 17. The first-order valence-corrected chi connectivity index (χ1v) is 31.1. The number of carbonyl (C=O) groups is 1. The second-order valence-corrected chi connectivity index (χ2v) is 36.1. The summed E-state index contributed by atoms with van der Waals surface area (Å²) in [4.78, 5) is 13.7. The van der Waals surface area contributed by atoms with E-state index in [0.29, 0.717) is 35.7 Å². The maximum Gasteiger partial charge on any atom is 0.339 e. The molecule has 3 aromatic carbocycles. The van der Waals surface area contributed by atoms with E-state index in [1.165, 1.54) is 10.4 Å². The van der Waals surface area contributed by atoms with Gasteiger partial charge in [0.2, 0.25) is 6.79 Å². The number of hydrogen-bond acceptors (Lipinski definition) is 8. The Morgan fingerprint density at radius 3 is 1.98 bits per heavy atom. The molecule has 1 fully saturated rings. The van der Waals surface area contributed by atoms with E-state index in [9.17, 15) is 4.79 Å². The summed E-state index contributed by atoms with van der Waals surface area (Å²) < 4.78 is 45.9. The Hall–Kier alpha value is -3.30. The second-order valence-electron chi connectivity index (χ2n) is 21.5. The molecule has 2 aliphatic rings. The van der Waals surface area contributed by atoms with Crippen molar-refractivity contribution in [3.63, 3.8) is 0 Å². The average Bonchev–Trinajstić information content (AvgIpc) is 3.77. The fraction of sp³-hybridized carbons (Fsp3) is 0.549. The highest BCUT2D eigenvalue weighted by Gasteiger charge is 2.52. The largest absolute Gasteiger partial charge is 0.462 e. The van der Waals surface area contributed by atoms with Crippen LogP contribution in [0.2, 0.25) is 48.9 Å². The van der Waals surface area contributed by atoms with Crippen LogP contribution < -0.4 is 19.8 Å². The predicted molar refractivity (Wildman–Crippen MR) is 262 cm³/mol. The van der Waals surface area contributed by atoms with Crippen LogP contribution in [0.3, 0.4) is 0 Å². The highest BCUT2D eigenvalue weighted by atomic mass is 28.4. The van der Waals surface area contributed by atoms with Crippen LogP contribution in [-0.4, -0.2) is 74.3 Å². The van der Waals surface area contributed by atoms with Crippen molar-refractivity contribution in [1.82, 2.24) is 0 Å². The lowest BCUT2D eigenvalue weighted by Gasteiger charge is -2.45. The van der Waals surface area contributed by atoms with E-state index >= 15 is 0 Å². The third kappa shape index (κ3) is 11.7. The van der Waals surface area contributed by atoms with E-state index in [4.69, 9.17) is 32.5 Å². The van der Waals surface area contributed by atoms with Gasteiger partial charge < -0.3 is 32.5 Å². The quantitative estimate of drug-likeness (QED) is 0.0753. The van der Waals surface area contributed by atoms with Gasteiger partial charge in [-0.05, 0) is 91.3 Å². The van der Waals surface area contributed by atoms with Gasteiger partial charge in [-0.2, -0.15) is 0 Å². The molecule has 340 valence electrons. The van der Waals surface area contributed by atoms with Crippen molar-refractivity contribution in [3.8, 4) is 11.5 Å². The summed E-state index contributed by atoms with van der Waals surface area (Å²) in [5.74, 6) is 0.0220. The van der Waals surface area contributed by atoms with Crippen molar-refractivity contribution < 1.29 is 37.3 Å². The van der Waals surface area contributed by atoms with Crippen LogP contribution >= 0.6 is 0 Å². The van der Waals surface area contributed by atoms with E-state index in [-0.39, 0.29) is 41.0 Å². The molecule has 0 radical (unpaired) electrons. The standard InChI is InChI=1S/C51H76O8Si3/c1-36(38(3)58-62(50(7,8)9,39-24-19-17-20-25-39)40-26-21-18-22-27-40)30-31-43(59-61(15,16)49(4,5)6)47-42(56-51(10,11)57-47)29-23-28-41-45(48(52)53-32-33-60(12,13)14)37(2)34-44-46(41)55-35-54-44/h17-28,30-31,34,36,38,42-43,47H,29,32-33,35H2,1-16H3/b28-23+,31-30-/t36-,38-,42+,43?,47-/m0/s1. The lowest BCUT2D eigenvalue weighted by molar-refractivity contribution is -0.151. The number of carbonyl (C=O) groups excluding carboxylic acids is 1. The maximum atomic E-state index is 13.7. The summed E-state index contributed by atoms with van der Waals surface area (Å²) in [6, 6.07) is 24.4. The van der Waals surface area contributed by atoms with Gasteiger partial charge >= 0.3 is 5.97 Å². The molecule has 0 aromatic heterocycles. The zero-order chi connectivity index (χ0) is 45.9. The fourth-order valence-corrected chi connectivity index (χ4v) is 14.8. The van der Waals surface area contributed by atoms with Crippen molar-refractivity contribution in [2.45, 2.75) is 162 Å². The van der Waals surface area contributed by atoms with Gasteiger partial charge in [0.15, 0.2) is 25.6 Å². The van der Waals surface area contributed by atoms with Crippen molar-refractivity contribution in [3.05, 3.63) is 102 Å². The molecule has 0 amide bonds. The lowest BCUT2D eigenvalue weighted by Crippen LogP contribution is -2.67. The van der Waals surface area contributed by atoms with Crippen LogP contribution in [0.15, 0.2) is 85.0 Å². The minimum absolute atomic E-state index is 0.0392. The molecule has 8 nitrogen and oxygen atoms in total. The van der Waals surface area contributed by atoms with Gasteiger partial charge in [-0.1, -0.05) is 153 Å². The normalized spacial score (nSPS) is 19.9. The number of hydrogen-bond donors (Lipinski definition) is 0. The summed E-state index contributed by atoms with van der Waals surface area (Å²) in [5.41, 5.74) is 1.93. The molecular weight excluding hydrogens is 825 g/mol. The minimum atomic E-state index is -2.78. The summed E-state index contributed by atoms with van der Waals surface area (Å²) in [6.07, 6.45) is 7.72. The van der Waals surface area contributed by atoms with Gasteiger partial charge in [-0.3, -0.25) is 0 Å². The first kappa shape index (κ1) is 49.7. The van der Waals surface area contributed by atoms with Gasteiger partial charge in [0.25, 0.3) is 8.32 Å². The number of fused-ring (bicyclic) bond motifs is 1. The molecule has 5 atom stereocenters. The number of ether oxygens (including phenoxy) is 5. The van der Waals surface area contributed by atoms with E-state index in [2.05, 4.69) is 161 Å². The Kier molecular flexibility index (Phi) is 15.6. The zero-order valence-corrected chi connectivity index (χ0v) is 43.6. The van der Waals surface area contributed by atoms with Crippen LogP contribution in [-0.2, 0) is 23.1 Å². The Labute approximate surface area is 377 Å². The van der Waals surface area contributed by atoms with E-state index in [1.54, 1.807) is 0 Å². The van der Waals surface area contributed by atoms with Crippen molar-refractivity contribution >= 4 is 47.1 Å². The molecule has 5 rings (SSSR count). The van der Waals surface area contributed by atoms with Gasteiger partial charge in [-0.25, -0.2) is 4.79 Å². The third-order valence-corrected chi connectivity index (χ3v) is 24.1. The monoisotopic (exact) mass is 900 g/mol. The van der Waals surface area contributed by atoms with Crippen LogP contribution in [0.25, 0.3) is 6.08 Å². The molecule has 2 heterocycles. The number of esters is 1. The first-order valence-electron chi connectivity index (χ1n) is 22.5. The van der Waals surface area contributed by atoms with Crippen LogP contribution in [0.4, 0.5) is 0 Å². The Morgan fingerprint density at radius 1 is 0.839 bits per heavy atom. The van der Waals surface area contributed by atoms with Crippen LogP contribution in [0.1, 0.15) is 97.1 Å². The highest BCUT2D eigenvalue weighted by molar-refractivity contribution is 6.99. The summed E-state index contributed by atoms with van der Waals surface area (Å²) in [5, 5.41) is 2.34. The van der Waals surface area contributed by atoms with E-state index in [0.717, 1.165) is 11.6 Å². The SMILES string of the molecule is Cc1cc2c(c(/C=C/C[C@H]3OC(C)(C)O[C@@H]3C(/C=C\[C@H](C)[C@H](C)O[Si](c3ccccc3)(c3ccccc3)C(C)(C)C)O[Si](C)(C)C(C)(C)C)c1C(=O)OCC[Si](C)(C)C)OCO2. The van der Waals surface area contributed by atoms with Crippen molar-refractivity contribution in [1.29, 1.82) is 0 Å². The van der Waals surface area contributed by atoms with Crippen molar-refractivity contribution in [2.75, 3.05) is 13.4 Å². The Morgan fingerprint density at radius 2 is 1.44 bits per heavy atom. The minimum Gasteiger partial charge on any atom is -0.462 e. The van der Waals surface area contributed by atoms with E-state index in [1.807, 2.05) is 39.0 Å². The Bertz CT molecular complexity index is 1990. The van der Waals surface area contributed by atoms with Gasteiger partial charge in [0, 0.05) is 19.7 Å². The summed E-state index contributed by atoms with van der Waals surface area (Å²) >= 11 is 0. The maximum absolute atomic E-state index is 13.7.